The van der Waals surface area contributed by atoms with Crippen LogP contribution >= 0.6 is 11.6 Å². The van der Waals surface area contributed by atoms with E-state index in [9.17, 15) is 0 Å². The minimum Gasteiger partial charge on any atom is -0.369 e. The van der Waals surface area contributed by atoms with Gasteiger partial charge in [0.25, 0.3) is 0 Å². The standard InChI is InChI=1S/C11H13ClO/c1-8-7-10(12)11(13-8)9-5-3-2-4-6-9/h2-6,8,10-11H,7H2,1H3/t8?,10-,11+/m0/s1. The van der Waals surface area contributed by atoms with Gasteiger partial charge in [-0.15, -0.1) is 11.6 Å². The largest absolute Gasteiger partial charge is 0.369 e. The molecule has 1 aromatic carbocycles. The topological polar surface area (TPSA) is 9.23 Å². The fourth-order valence-corrected chi connectivity index (χ4v) is 2.22. The van der Waals surface area contributed by atoms with Gasteiger partial charge < -0.3 is 4.74 Å². The van der Waals surface area contributed by atoms with Crippen LogP contribution in [0.25, 0.3) is 0 Å². The molecular weight excluding hydrogens is 184 g/mol. The van der Waals surface area contributed by atoms with Crippen molar-refractivity contribution >= 4 is 11.6 Å². The Morgan fingerprint density at radius 2 is 2.00 bits per heavy atom. The first-order valence-electron chi connectivity index (χ1n) is 4.62. The van der Waals surface area contributed by atoms with Crippen molar-refractivity contribution in [1.29, 1.82) is 0 Å². The van der Waals surface area contributed by atoms with Crippen LogP contribution in [0, 0.1) is 0 Å². The summed E-state index contributed by atoms with van der Waals surface area (Å²) in [6, 6.07) is 10.2. The maximum absolute atomic E-state index is 6.18. The molecule has 1 aliphatic rings. The van der Waals surface area contributed by atoms with E-state index in [1.165, 1.54) is 5.56 Å². The van der Waals surface area contributed by atoms with Crippen LogP contribution in [-0.2, 0) is 4.74 Å². The van der Waals surface area contributed by atoms with Crippen LogP contribution in [0.15, 0.2) is 30.3 Å². The highest BCUT2D eigenvalue weighted by Crippen LogP contribution is 2.36. The molecular formula is C11H13ClO. The first kappa shape index (κ1) is 9.04. The Kier molecular flexibility index (Phi) is 2.56. The van der Waals surface area contributed by atoms with Crippen LogP contribution in [0.1, 0.15) is 25.0 Å². The molecule has 1 saturated heterocycles. The number of benzene rings is 1. The summed E-state index contributed by atoms with van der Waals surface area (Å²) in [4.78, 5) is 0. The molecule has 0 aliphatic carbocycles. The predicted molar refractivity (Wildman–Crippen MR) is 54.0 cm³/mol. The van der Waals surface area contributed by atoms with Crippen LogP contribution in [0.3, 0.4) is 0 Å². The lowest BCUT2D eigenvalue weighted by molar-refractivity contribution is 0.0563. The third-order valence-corrected chi connectivity index (χ3v) is 2.80. The second kappa shape index (κ2) is 3.69. The molecule has 2 rings (SSSR count). The molecule has 1 fully saturated rings. The smallest absolute Gasteiger partial charge is 0.0992 e. The normalized spacial score (nSPS) is 33.5. The Bertz CT molecular complexity index is 273. The number of hydrogen-bond acceptors (Lipinski definition) is 1. The summed E-state index contributed by atoms with van der Waals surface area (Å²) in [6.45, 7) is 2.07. The zero-order valence-electron chi connectivity index (χ0n) is 7.61. The fourth-order valence-electron chi connectivity index (χ4n) is 1.76. The summed E-state index contributed by atoms with van der Waals surface area (Å²) in [7, 11) is 0. The van der Waals surface area contributed by atoms with Crippen molar-refractivity contribution < 1.29 is 4.74 Å². The zero-order chi connectivity index (χ0) is 9.26. The van der Waals surface area contributed by atoms with Gasteiger partial charge in [0.1, 0.15) is 0 Å². The average molecular weight is 197 g/mol. The Morgan fingerprint density at radius 3 is 2.54 bits per heavy atom. The molecule has 1 nitrogen and oxygen atoms in total. The van der Waals surface area contributed by atoms with Gasteiger partial charge in [-0.1, -0.05) is 30.3 Å². The van der Waals surface area contributed by atoms with E-state index in [-0.39, 0.29) is 17.6 Å². The lowest BCUT2D eigenvalue weighted by atomic mass is 10.1. The van der Waals surface area contributed by atoms with Crippen molar-refractivity contribution in [3.63, 3.8) is 0 Å². The maximum atomic E-state index is 6.18. The lowest BCUT2D eigenvalue weighted by Crippen LogP contribution is -2.06. The summed E-state index contributed by atoms with van der Waals surface area (Å²) in [5.41, 5.74) is 1.19. The highest BCUT2D eigenvalue weighted by molar-refractivity contribution is 6.21. The van der Waals surface area contributed by atoms with Crippen molar-refractivity contribution in [3.05, 3.63) is 35.9 Å². The van der Waals surface area contributed by atoms with Gasteiger partial charge >= 0.3 is 0 Å². The van der Waals surface area contributed by atoms with Crippen LogP contribution in [-0.4, -0.2) is 11.5 Å². The van der Waals surface area contributed by atoms with Gasteiger partial charge in [-0.05, 0) is 18.9 Å². The van der Waals surface area contributed by atoms with Crippen LogP contribution < -0.4 is 0 Å². The minimum atomic E-state index is 0.0814. The van der Waals surface area contributed by atoms with Gasteiger partial charge in [0.15, 0.2) is 0 Å². The van der Waals surface area contributed by atoms with E-state index in [4.69, 9.17) is 16.3 Å². The lowest BCUT2D eigenvalue weighted by Gasteiger charge is -2.13. The summed E-state index contributed by atoms with van der Waals surface area (Å²) in [5.74, 6) is 0. The Balaban J connectivity index is 2.18. The van der Waals surface area contributed by atoms with Gasteiger partial charge in [-0.2, -0.15) is 0 Å². The van der Waals surface area contributed by atoms with E-state index in [1.807, 2.05) is 18.2 Å². The molecule has 3 atom stereocenters. The Hall–Kier alpha value is -0.530. The SMILES string of the molecule is CC1C[C@H](Cl)[C@@H](c2ccccc2)O1. The number of alkyl halides is 1. The molecule has 0 bridgehead atoms. The van der Waals surface area contributed by atoms with E-state index in [0.29, 0.717) is 0 Å². The first-order valence-corrected chi connectivity index (χ1v) is 5.05. The van der Waals surface area contributed by atoms with Crippen LogP contribution in [0.2, 0.25) is 0 Å². The van der Waals surface area contributed by atoms with E-state index in [2.05, 4.69) is 19.1 Å². The van der Waals surface area contributed by atoms with E-state index in [0.717, 1.165) is 6.42 Å². The molecule has 13 heavy (non-hydrogen) atoms. The van der Waals surface area contributed by atoms with Crippen molar-refractivity contribution in [3.8, 4) is 0 Å². The number of rotatable bonds is 1. The molecule has 0 spiro atoms. The summed E-state index contributed by atoms with van der Waals surface area (Å²) in [6.07, 6.45) is 1.31. The molecule has 2 heteroatoms. The molecule has 70 valence electrons. The van der Waals surface area contributed by atoms with Gasteiger partial charge in [0, 0.05) is 0 Å². The molecule has 0 amide bonds. The third kappa shape index (κ3) is 1.87. The van der Waals surface area contributed by atoms with E-state index >= 15 is 0 Å². The fraction of sp³-hybridized carbons (Fsp3) is 0.455. The van der Waals surface area contributed by atoms with Crippen molar-refractivity contribution in [2.75, 3.05) is 0 Å². The number of hydrogen-bond donors (Lipinski definition) is 0. The zero-order valence-corrected chi connectivity index (χ0v) is 8.37. The second-order valence-electron chi connectivity index (χ2n) is 3.53. The minimum absolute atomic E-state index is 0.0814. The van der Waals surface area contributed by atoms with E-state index < -0.39 is 0 Å². The summed E-state index contributed by atoms with van der Waals surface area (Å²) in [5, 5.41) is 0.123. The van der Waals surface area contributed by atoms with Gasteiger partial charge in [-0.25, -0.2) is 0 Å². The van der Waals surface area contributed by atoms with E-state index in [1.54, 1.807) is 0 Å². The second-order valence-corrected chi connectivity index (χ2v) is 4.09. The maximum Gasteiger partial charge on any atom is 0.0992 e. The molecule has 0 aromatic heterocycles. The molecule has 0 N–H and O–H groups in total. The number of halogens is 1. The first-order chi connectivity index (χ1) is 6.27. The van der Waals surface area contributed by atoms with Crippen LogP contribution in [0.4, 0.5) is 0 Å². The quantitative estimate of drug-likeness (QED) is 0.627. The molecule has 0 saturated carbocycles. The molecule has 1 aromatic rings. The highest BCUT2D eigenvalue weighted by Gasteiger charge is 2.32. The molecule has 0 radical (unpaired) electrons. The van der Waals surface area contributed by atoms with Crippen molar-refractivity contribution in [2.45, 2.75) is 30.9 Å². The highest BCUT2D eigenvalue weighted by atomic mass is 35.5. The van der Waals surface area contributed by atoms with Crippen molar-refractivity contribution in [1.82, 2.24) is 0 Å². The summed E-state index contributed by atoms with van der Waals surface area (Å²) >= 11 is 6.18. The molecule has 1 aliphatic heterocycles. The Morgan fingerprint density at radius 1 is 1.31 bits per heavy atom. The Labute approximate surface area is 83.7 Å². The molecule has 1 heterocycles. The predicted octanol–water partition coefficient (Wildman–Crippen LogP) is 3.14. The molecule has 1 unspecified atom stereocenters. The van der Waals surface area contributed by atoms with Gasteiger partial charge in [0.2, 0.25) is 0 Å². The van der Waals surface area contributed by atoms with Crippen LogP contribution in [0.5, 0.6) is 0 Å². The third-order valence-electron chi connectivity index (χ3n) is 2.39. The summed E-state index contributed by atoms with van der Waals surface area (Å²) < 4.78 is 5.73. The number of ether oxygens (including phenoxy) is 1. The van der Waals surface area contributed by atoms with Crippen molar-refractivity contribution in [2.24, 2.45) is 0 Å². The van der Waals surface area contributed by atoms with Gasteiger partial charge in [0.05, 0.1) is 17.6 Å². The average Bonchev–Trinajstić information content (AvgIpc) is 2.47. The van der Waals surface area contributed by atoms with Gasteiger partial charge in [-0.3, -0.25) is 0 Å². The monoisotopic (exact) mass is 196 g/mol.